The normalized spacial score (nSPS) is 26.8. The Morgan fingerprint density at radius 1 is 1.50 bits per heavy atom. The minimum absolute atomic E-state index is 0.206. The smallest absolute Gasteiger partial charge is 0.359 e. The molecule has 1 heterocycles. The lowest BCUT2D eigenvalue weighted by molar-refractivity contribution is -0.108. The van der Waals surface area contributed by atoms with Crippen LogP contribution in [0.4, 0.5) is 9.59 Å². The van der Waals surface area contributed by atoms with E-state index in [0.717, 1.165) is 19.3 Å². The number of hydrogen-bond acceptors (Lipinski definition) is 4. The summed E-state index contributed by atoms with van der Waals surface area (Å²) in [4.78, 5) is 35.0. The number of piperidine rings is 1. The molecular formula is C12H18N2O4. The fourth-order valence-electron chi connectivity index (χ4n) is 2.72. The maximum Gasteiger partial charge on any atom is 0.419 e. The molecule has 2 amide bonds. The molecule has 1 aliphatic heterocycles. The van der Waals surface area contributed by atoms with E-state index in [1.54, 1.807) is 11.8 Å². The second-order valence-corrected chi connectivity index (χ2v) is 5.09. The number of ether oxygens (including phenoxy) is 1. The molecule has 6 heteroatoms. The average Bonchev–Trinajstić information content (AvgIpc) is 2.90. The molecule has 3 unspecified atom stereocenters. The highest BCUT2D eigenvalue weighted by Gasteiger charge is 2.41. The minimum atomic E-state index is -0.780. The molecule has 6 nitrogen and oxygen atoms in total. The van der Waals surface area contributed by atoms with E-state index in [2.05, 4.69) is 5.32 Å². The highest BCUT2D eigenvalue weighted by Crippen LogP contribution is 2.37. The van der Waals surface area contributed by atoms with Crippen molar-refractivity contribution in [2.24, 2.45) is 5.92 Å². The van der Waals surface area contributed by atoms with Gasteiger partial charge in [-0.1, -0.05) is 0 Å². The van der Waals surface area contributed by atoms with Gasteiger partial charge in [-0.2, -0.15) is 0 Å². The lowest BCUT2D eigenvalue weighted by atomic mass is 10.1. The van der Waals surface area contributed by atoms with Crippen LogP contribution in [-0.2, 0) is 9.53 Å². The number of nitrogens with zero attached hydrogens (tertiary/aromatic N) is 1. The summed E-state index contributed by atoms with van der Waals surface area (Å²) in [7, 11) is 0. The van der Waals surface area contributed by atoms with Crippen molar-refractivity contribution >= 4 is 18.5 Å². The second kappa shape index (κ2) is 5.37. The number of aldehydes is 1. The van der Waals surface area contributed by atoms with Gasteiger partial charge < -0.3 is 19.7 Å². The van der Waals surface area contributed by atoms with E-state index in [0.29, 0.717) is 18.7 Å². The van der Waals surface area contributed by atoms with E-state index in [-0.39, 0.29) is 18.5 Å². The Morgan fingerprint density at radius 2 is 2.28 bits per heavy atom. The Bertz CT molecular complexity index is 358. The third-order valence-corrected chi connectivity index (χ3v) is 3.64. The molecule has 0 spiro atoms. The van der Waals surface area contributed by atoms with Gasteiger partial charge in [0.2, 0.25) is 0 Å². The quantitative estimate of drug-likeness (QED) is 0.608. The van der Waals surface area contributed by atoms with E-state index < -0.39 is 12.2 Å². The zero-order valence-electron chi connectivity index (χ0n) is 10.4. The lowest BCUT2D eigenvalue weighted by Gasteiger charge is -2.25. The first-order valence-electron chi connectivity index (χ1n) is 6.32. The Labute approximate surface area is 106 Å². The summed E-state index contributed by atoms with van der Waals surface area (Å²) in [5.41, 5.74) is 0. The summed E-state index contributed by atoms with van der Waals surface area (Å²) in [5.74, 6) is 0.569. The first-order chi connectivity index (χ1) is 8.60. The van der Waals surface area contributed by atoms with Crippen molar-refractivity contribution in [1.82, 2.24) is 10.2 Å². The zero-order valence-corrected chi connectivity index (χ0v) is 10.4. The molecule has 1 N–H and O–H groups in total. The number of carbonyl (C=O) groups is 3. The highest BCUT2D eigenvalue weighted by molar-refractivity contribution is 5.84. The van der Waals surface area contributed by atoms with Crippen LogP contribution in [0, 0.1) is 5.92 Å². The van der Waals surface area contributed by atoms with E-state index in [9.17, 15) is 14.4 Å². The molecular weight excluding hydrogens is 236 g/mol. The van der Waals surface area contributed by atoms with Gasteiger partial charge in [-0.3, -0.25) is 0 Å². The van der Waals surface area contributed by atoms with Gasteiger partial charge >= 0.3 is 12.2 Å². The van der Waals surface area contributed by atoms with Crippen LogP contribution in [0.2, 0.25) is 0 Å². The van der Waals surface area contributed by atoms with Crippen LogP contribution >= 0.6 is 0 Å². The molecule has 1 saturated heterocycles. The molecule has 2 rings (SSSR count). The second-order valence-electron chi connectivity index (χ2n) is 5.09. The monoisotopic (exact) mass is 254 g/mol. The fourth-order valence-corrected chi connectivity index (χ4v) is 2.72. The molecule has 2 fully saturated rings. The number of fused-ring (bicyclic) bond motifs is 2. The van der Waals surface area contributed by atoms with Crippen molar-refractivity contribution in [3.63, 3.8) is 0 Å². The van der Waals surface area contributed by atoms with Gasteiger partial charge in [-0.15, -0.1) is 0 Å². The summed E-state index contributed by atoms with van der Waals surface area (Å²) in [6.07, 6.45) is 2.76. The maximum atomic E-state index is 11.8. The Hall–Kier alpha value is -1.59. The van der Waals surface area contributed by atoms with Crippen LogP contribution in [0.25, 0.3) is 0 Å². The van der Waals surface area contributed by atoms with Gasteiger partial charge in [0.25, 0.3) is 0 Å². The molecule has 0 aromatic rings. The summed E-state index contributed by atoms with van der Waals surface area (Å²) in [6, 6.07) is -0.0828. The van der Waals surface area contributed by atoms with E-state index in [4.69, 9.17) is 4.74 Å². The predicted molar refractivity (Wildman–Crippen MR) is 63.0 cm³/mol. The molecule has 3 atom stereocenters. The van der Waals surface area contributed by atoms with Crippen molar-refractivity contribution in [2.75, 3.05) is 6.54 Å². The topological polar surface area (TPSA) is 75.7 Å². The SMILES string of the molecule is CC(CC=O)NC(=O)OC(=O)N1CC2CCC1C2. The standard InChI is InChI=1S/C12H18N2O4/c1-8(4-5-15)13-11(16)18-12(17)14-7-9-2-3-10(14)6-9/h5,8-10H,2-4,6-7H2,1H3,(H,13,16). The van der Waals surface area contributed by atoms with Gasteiger partial charge in [0.15, 0.2) is 0 Å². The first-order valence-corrected chi connectivity index (χ1v) is 6.32. The maximum absolute atomic E-state index is 11.8. The van der Waals surface area contributed by atoms with Crippen molar-refractivity contribution in [1.29, 1.82) is 0 Å². The number of carbonyl (C=O) groups excluding carboxylic acids is 3. The van der Waals surface area contributed by atoms with Crippen molar-refractivity contribution in [3.8, 4) is 0 Å². The summed E-state index contributed by atoms with van der Waals surface area (Å²) in [5, 5.41) is 2.44. The number of rotatable bonds is 3. The van der Waals surface area contributed by atoms with Gasteiger partial charge in [0.1, 0.15) is 6.29 Å². The van der Waals surface area contributed by atoms with E-state index >= 15 is 0 Å². The van der Waals surface area contributed by atoms with E-state index in [1.165, 1.54) is 0 Å². The fraction of sp³-hybridized carbons (Fsp3) is 0.750. The number of nitrogens with one attached hydrogen (secondary N) is 1. The van der Waals surface area contributed by atoms with Crippen LogP contribution in [-0.4, -0.2) is 42.0 Å². The molecule has 2 aliphatic rings. The summed E-state index contributed by atoms with van der Waals surface area (Å²) in [6.45, 7) is 2.37. The average molecular weight is 254 g/mol. The highest BCUT2D eigenvalue weighted by atomic mass is 16.6. The summed E-state index contributed by atoms with van der Waals surface area (Å²) >= 11 is 0. The molecule has 1 saturated carbocycles. The van der Waals surface area contributed by atoms with Crippen LogP contribution in [0.5, 0.6) is 0 Å². The molecule has 1 aliphatic carbocycles. The van der Waals surface area contributed by atoms with Crippen LogP contribution in [0.3, 0.4) is 0 Å². The lowest BCUT2D eigenvalue weighted by Crippen LogP contribution is -2.42. The molecule has 2 bridgehead atoms. The minimum Gasteiger partial charge on any atom is -0.359 e. The molecule has 0 aromatic carbocycles. The van der Waals surface area contributed by atoms with Crippen LogP contribution < -0.4 is 5.32 Å². The van der Waals surface area contributed by atoms with Crippen LogP contribution in [0.15, 0.2) is 0 Å². The summed E-state index contributed by atoms with van der Waals surface area (Å²) < 4.78 is 4.72. The van der Waals surface area contributed by atoms with Gasteiger partial charge in [0, 0.05) is 25.0 Å². The zero-order chi connectivity index (χ0) is 13.1. The van der Waals surface area contributed by atoms with Crippen molar-refractivity contribution < 1.29 is 19.1 Å². The number of alkyl carbamates (subject to hydrolysis) is 1. The molecule has 0 radical (unpaired) electrons. The van der Waals surface area contributed by atoms with Gasteiger partial charge in [-0.05, 0) is 32.1 Å². The number of amides is 2. The number of likely N-dealkylation sites (tertiary alicyclic amines) is 1. The molecule has 0 aromatic heterocycles. The van der Waals surface area contributed by atoms with Crippen molar-refractivity contribution in [2.45, 2.75) is 44.7 Å². The van der Waals surface area contributed by atoms with Crippen molar-refractivity contribution in [3.05, 3.63) is 0 Å². The van der Waals surface area contributed by atoms with Crippen LogP contribution in [0.1, 0.15) is 32.6 Å². The number of hydrogen-bond donors (Lipinski definition) is 1. The van der Waals surface area contributed by atoms with Gasteiger partial charge in [-0.25, -0.2) is 9.59 Å². The Kier molecular flexibility index (Phi) is 3.84. The third kappa shape index (κ3) is 2.80. The Morgan fingerprint density at radius 3 is 2.83 bits per heavy atom. The largest absolute Gasteiger partial charge is 0.419 e. The van der Waals surface area contributed by atoms with E-state index in [1.807, 2.05) is 0 Å². The predicted octanol–water partition coefficient (Wildman–Crippen LogP) is 1.29. The molecule has 100 valence electrons. The van der Waals surface area contributed by atoms with Gasteiger partial charge in [0.05, 0.1) is 0 Å². The first kappa shape index (κ1) is 12.9. The molecule has 18 heavy (non-hydrogen) atoms. The third-order valence-electron chi connectivity index (χ3n) is 3.64. The Balaban J connectivity index is 1.77.